The molecule has 0 unspecified atom stereocenters. The molecule has 2 amide bonds. The van der Waals surface area contributed by atoms with Crippen LogP contribution in [0.15, 0.2) is 53.6 Å². The van der Waals surface area contributed by atoms with Crippen molar-refractivity contribution in [3.05, 3.63) is 59.7 Å². The molecule has 27 heavy (non-hydrogen) atoms. The Labute approximate surface area is 153 Å². The van der Waals surface area contributed by atoms with Crippen LogP contribution in [0.2, 0.25) is 0 Å². The maximum atomic E-state index is 12.6. The zero-order valence-corrected chi connectivity index (χ0v) is 14.2. The maximum absolute atomic E-state index is 12.6. The van der Waals surface area contributed by atoms with Crippen molar-refractivity contribution in [1.29, 1.82) is 0 Å². The van der Waals surface area contributed by atoms with Crippen LogP contribution in [-0.2, 0) is 15.8 Å². The lowest BCUT2D eigenvalue weighted by Crippen LogP contribution is -2.24. The number of benzene rings is 2. The summed E-state index contributed by atoms with van der Waals surface area (Å²) in [6, 6.07) is 10.9. The van der Waals surface area contributed by atoms with Crippen LogP contribution in [0.5, 0.6) is 5.75 Å². The van der Waals surface area contributed by atoms with Crippen molar-refractivity contribution < 1.29 is 27.5 Å². The van der Waals surface area contributed by atoms with E-state index in [1.807, 2.05) is 0 Å². The molecule has 0 aromatic heterocycles. The molecule has 2 aromatic rings. The van der Waals surface area contributed by atoms with Crippen molar-refractivity contribution >= 4 is 23.7 Å². The fraction of sp³-hybridized carbons (Fsp3) is 0.167. The van der Waals surface area contributed by atoms with Gasteiger partial charge in [-0.2, -0.15) is 18.3 Å². The number of carbonyl (C=O) groups is 2. The molecule has 0 fully saturated rings. The molecule has 142 valence electrons. The van der Waals surface area contributed by atoms with Crippen LogP contribution in [0.3, 0.4) is 0 Å². The lowest BCUT2D eigenvalue weighted by atomic mass is 10.2. The molecule has 0 aliphatic rings. The van der Waals surface area contributed by atoms with E-state index in [0.717, 1.165) is 12.1 Å². The lowest BCUT2D eigenvalue weighted by molar-refractivity contribution is -0.137. The molecule has 0 spiro atoms. The van der Waals surface area contributed by atoms with Gasteiger partial charge in [-0.25, -0.2) is 5.43 Å². The molecule has 6 nitrogen and oxygen atoms in total. The predicted molar refractivity (Wildman–Crippen MR) is 93.4 cm³/mol. The minimum absolute atomic E-state index is 0.0717. The van der Waals surface area contributed by atoms with Gasteiger partial charge in [-0.15, -0.1) is 0 Å². The Morgan fingerprint density at radius 3 is 2.48 bits per heavy atom. The summed E-state index contributed by atoms with van der Waals surface area (Å²) < 4.78 is 42.9. The summed E-state index contributed by atoms with van der Waals surface area (Å²) in [5.74, 6) is -0.888. The highest BCUT2D eigenvalue weighted by Gasteiger charge is 2.30. The molecular formula is C18H16F3N3O3. The summed E-state index contributed by atoms with van der Waals surface area (Å²) in [6.45, 7) is 0.909. The molecule has 0 atom stereocenters. The van der Waals surface area contributed by atoms with Crippen LogP contribution in [0.1, 0.15) is 18.1 Å². The highest BCUT2D eigenvalue weighted by Crippen LogP contribution is 2.31. The smallest absolute Gasteiger partial charge is 0.416 e. The number of hydrogen-bond donors (Lipinski definition) is 2. The molecule has 2 N–H and O–H groups in total. The van der Waals surface area contributed by atoms with E-state index in [0.29, 0.717) is 11.3 Å². The minimum atomic E-state index is -4.48. The average Bonchev–Trinajstić information content (AvgIpc) is 2.60. The normalized spacial score (nSPS) is 11.3. The van der Waals surface area contributed by atoms with E-state index in [2.05, 4.69) is 15.8 Å². The molecular weight excluding hydrogens is 363 g/mol. The fourth-order valence-corrected chi connectivity index (χ4v) is 1.98. The largest absolute Gasteiger partial charge is 0.484 e. The van der Waals surface area contributed by atoms with Crippen LogP contribution in [0, 0.1) is 0 Å². The van der Waals surface area contributed by atoms with E-state index in [4.69, 9.17) is 4.74 Å². The van der Waals surface area contributed by atoms with Gasteiger partial charge in [0, 0.05) is 12.6 Å². The predicted octanol–water partition coefficient (Wildman–Crippen LogP) is 3.19. The zero-order chi connectivity index (χ0) is 19.9. The lowest BCUT2D eigenvalue weighted by Gasteiger charge is -2.09. The minimum Gasteiger partial charge on any atom is -0.484 e. The number of alkyl halides is 3. The number of nitrogens with zero attached hydrogens (tertiary/aromatic N) is 1. The average molecular weight is 379 g/mol. The first-order valence-corrected chi connectivity index (χ1v) is 7.73. The van der Waals surface area contributed by atoms with Gasteiger partial charge in [0.2, 0.25) is 5.91 Å². The van der Waals surface area contributed by atoms with Crippen molar-refractivity contribution in [3.63, 3.8) is 0 Å². The van der Waals surface area contributed by atoms with E-state index in [9.17, 15) is 22.8 Å². The van der Waals surface area contributed by atoms with Crippen molar-refractivity contribution in [2.24, 2.45) is 5.10 Å². The van der Waals surface area contributed by atoms with Gasteiger partial charge in [0.05, 0.1) is 11.8 Å². The summed E-state index contributed by atoms with van der Waals surface area (Å²) in [6.07, 6.45) is -3.11. The van der Waals surface area contributed by atoms with Crippen molar-refractivity contribution in [1.82, 2.24) is 5.43 Å². The Morgan fingerprint density at radius 1 is 1.15 bits per heavy atom. The van der Waals surface area contributed by atoms with Gasteiger partial charge in [0.25, 0.3) is 5.91 Å². The van der Waals surface area contributed by atoms with Gasteiger partial charge in [-0.3, -0.25) is 9.59 Å². The molecule has 0 bridgehead atoms. The first kappa shape index (κ1) is 20.0. The third-order valence-electron chi connectivity index (χ3n) is 3.17. The Morgan fingerprint density at radius 2 is 1.85 bits per heavy atom. The maximum Gasteiger partial charge on any atom is 0.416 e. The molecule has 2 rings (SSSR count). The second-order valence-corrected chi connectivity index (χ2v) is 5.41. The van der Waals surface area contributed by atoms with E-state index in [-0.39, 0.29) is 11.7 Å². The number of carbonyl (C=O) groups excluding carboxylic acids is 2. The van der Waals surface area contributed by atoms with Crippen molar-refractivity contribution in [2.75, 3.05) is 11.9 Å². The van der Waals surface area contributed by atoms with Crippen LogP contribution in [0.4, 0.5) is 18.9 Å². The summed E-state index contributed by atoms with van der Waals surface area (Å²) in [4.78, 5) is 22.6. The molecule has 0 heterocycles. The first-order valence-electron chi connectivity index (χ1n) is 7.73. The monoisotopic (exact) mass is 379 g/mol. The molecule has 0 aliphatic heterocycles. The second kappa shape index (κ2) is 8.84. The van der Waals surface area contributed by atoms with Crippen molar-refractivity contribution in [3.8, 4) is 5.75 Å². The SMILES string of the molecule is CC(=O)Nc1ccc(/C=N/NC(=O)COc2cccc(C(F)(F)F)c2)cc1. The van der Waals surface area contributed by atoms with E-state index < -0.39 is 24.3 Å². The Balaban J connectivity index is 1.82. The molecule has 0 aliphatic carbocycles. The fourth-order valence-electron chi connectivity index (χ4n) is 1.98. The van der Waals surface area contributed by atoms with Gasteiger partial charge in [-0.1, -0.05) is 18.2 Å². The number of hydrogen-bond acceptors (Lipinski definition) is 4. The Hall–Kier alpha value is -3.36. The highest BCUT2D eigenvalue weighted by molar-refractivity contribution is 5.89. The molecule has 0 saturated carbocycles. The third-order valence-corrected chi connectivity index (χ3v) is 3.17. The summed E-state index contributed by atoms with van der Waals surface area (Å²) in [5, 5.41) is 6.34. The van der Waals surface area contributed by atoms with E-state index in [1.54, 1.807) is 24.3 Å². The molecule has 9 heteroatoms. The van der Waals surface area contributed by atoms with Gasteiger partial charge in [0.1, 0.15) is 5.75 Å². The quantitative estimate of drug-likeness (QED) is 0.598. The highest BCUT2D eigenvalue weighted by atomic mass is 19.4. The molecule has 0 saturated heterocycles. The Bertz CT molecular complexity index is 834. The standard InChI is InChI=1S/C18H16F3N3O3/c1-12(25)23-15-7-5-13(6-8-15)10-22-24-17(26)11-27-16-4-2-3-14(9-16)18(19,20)21/h2-10H,11H2,1H3,(H,23,25)(H,24,26)/b22-10+. The van der Waals surface area contributed by atoms with Gasteiger partial charge < -0.3 is 10.1 Å². The number of anilines is 1. The van der Waals surface area contributed by atoms with E-state index >= 15 is 0 Å². The molecule has 0 radical (unpaired) electrons. The van der Waals surface area contributed by atoms with Gasteiger partial charge in [-0.05, 0) is 35.9 Å². The van der Waals surface area contributed by atoms with E-state index in [1.165, 1.54) is 25.3 Å². The number of hydrazone groups is 1. The van der Waals surface area contributed by atoms with Crippen LogP contribution < -0.4 is 15.5 Å². The summed E-state index contributed by atoms with van der Waals surface area (Å²) in [5.41, 5.74) is 2.64. The van der Waals surface area contributed by atoms with Gasteiger partial charge in [0.15, 0.2) is 6.61 Å². The molecule has 2 aromatic carbocycles. The summed E-state index contributed by atoms with van der Waals surface area (Å²) >= 11 is 0. The Kier molecular flexibility index (Phi) is 6.53. The first-order chi connectivity index (χ1) is 12.7. The zero-order valence-electron chi connectivity index (χ0n) is 14.2. The van der Waals surface area contributed by atoms with Crippen LogP contribution in [0.25, 0.3) is 0 Å². The van der Waals surface area contributed by atoms with Crippen LogP contribution in [-0.4, -0.2) is 24.6 Å². The number of amides is 2. The number of rotatable bonds is 6. The number of nitrogens with one attached hydrogen (secondary N) is 2. The summed E-state index contributed by atoms with van der Waals surface area (Å²) in [7, 11) is 0. The van der Waals surface area contributed by atoms with Crippen molar-refractivity contribution in [2.45, 2.75) is 13.1 Å². The second-order valence-electron chi connectivity index (χ2n) is 5.41. The van der Waals surface area contributed by atoms with Gasteiger partial charge >= 0.3 is 6.18 Å². The third kappa shape index (κ3) is 6.81. The van der Waals surface area contributed by atoms with Crippen LogP contribution >= 0.6 is 0 Å². The number of ether oxygens (including phenoxy) is 1. The number of halogens is 3. The topological polar surface area (TPSA) is 79.8 Å².